The van der Waals surface area contributed by atoms with E-state index in [1.807, 2.05) is 0 Å². The fraction of sp³-hybridized carbons (Fsp3) is 0. The summed E-state index contributed by atoms with van der Waals surface area (Å²) < 4.78 is 0. The molecular formula is C7H7CdNO2+2. The fourth-order valence-corrected chi connectivity index (χ4v) is 0.692. The number of aromatic carboxylic acids is 1. The summed E-state index contributed by atoms with van der Waals surface area (Å²) in [5.41, 5.74) is 5.80. The van der Waals surface area contributed by atoms with Gasteiger partial charge < -0.3 is 10.8 Å². The van der Waals surface area contributed by atoms with Crippen LogP contribution in [0.2, 0.25) is 0 Å². The number of hydrogen-bond acceptors (Lipinski definition) is 2. The molecule has 0 aromatic heterocycles. The van der Waals surface area contributed by atoms with Gasteiger partial charge in [-0.3, -0.25) is 0 Å². The number of rotatable bonds is 1. The molecule has 52 valence electrons. The van der Waals surface area contributed by atoms with Gasteiger partial charge in [-0.1, -0.05) is 12.1 Å². The molecule has 0 radical (unpaired) electrons. The van der Waals surface area contributed by atoms with Crippen molar-refractivity contribution in [3.05, 3.63) is 29.8 Å². The Morgan fingerprint density at radius 2 is 1.91 bits per heavy atom. The Balaban J connectivity index is 0.000001000. The van der Waals surface area contributed by atoms with Gasteiger partial charge in [0.1, 0.15) is 0 Å². The zero-order valence-corrected chi connectivity index (χ0v) is 9.99. The number of carboxylic acids is 1. The number of nitrogens with two attached hydrogens (primary N) is 1. The molecule has 11 heavy (non-hydrogen) atoms. The second-order valence-corrected chi connectivity index (χ2v) is 1.89. The first-order valence-corrected chi connectivity index (χ1v) is 2.79. The Bertz CT molecular complexity index is 262. The molecule has 1 rings (SSSR count). The molecule has 0 aliphatic carbocycles. The van der Waals surface area contributed by atoms with Gasteiger partial charge in [-0.25, -0.2) is 4.79 Å². The van der Waals surface area contributed by atoms with Crippen molar-refractivity contribution in [1.82, 2.24) is 0 Å². The fourth-order valence-electron chi connectivity index (χ4n) is 0.692. The van der Waals surface area contributed by atoms with Crippen molar-refractivity contribution in [2.45, 2.75) is 0 Å². The number of nitrogen functional groups attached to an aromatic ring is 1. The predicted molar refractivity (Wildman–Crippen MR) is 37.8 cm³/mol. The summed E-state index contributed by atoms with van der Waals surface area (Å²) in [6, 6.07) is 6.36. The summed E-state index contributed by atoms with van der Waals surface area (Å²) in [7, 11) is 0. The van der Waals surface area contributed by atoms with Crippen molar-refractivity contribution >= 4 is 11.7 Å². The van der Waals surface area contributed by atoms with Crippen molar-refractivity contribution in [2.75, 3.05) is 5.73 Å². The van der Waals surface area contributed by atoms with Crippen molar-refractivity contribution in [2.24, 2.45) is 0 Å². The molecule has 0 atom stereocenters. The van der Waals surface area contributed by atoms with Gasteiger partial charge in [0.05, 0.1) is 5.56 Å². The van der Waals surface area contributed by atoms with Crippen LogP contribution >= 0.6 is 0 Å². The maximum absolute atomic E-state index is 10.3. The molecule has 0 saturated heterocycles. The number of carboxylic acid groups (broad SMARTS) is 1. The van der Waals surface area contributed by atoms with E-state index in [2.05, 4.69) is 0 Å². The molecule has 4 heteroatoms. The summed E-state index contributed by atoms with van der Waals surface area (Å²) in [5, 5.41) is 8.49. The third-order valence-electron chi connectivity index (χ3n) is 1.19. The molecule has 1 aromatic carbocycles. The largest absolute Gasteiger partial charge is 2.00 e. The zero-order valence-electron chi connectivity index (χ0n) is 5.95. The predicted octanol–water partition coefficient (Wildman–Crippen LogP) is 0.965. The van der Waals surface area contributed by atoms with Crippen LogP contribution in [0, 0.1) is 0 Å². The Morgan fingerprint density at radius 1 is 1.36 bits per heavy atom. The summed E-state index contributed by atoms with van der Waals surface area (Å²) in [6.45, 7) is 0. The average molecular weight is 250 g/mol. The van der Waals surface area contributed by atoms with Gasteiger partial charge in [0.25, 0.3) is 0 Å². The molecule has 0 aliphatic rings. The van der Waals surface area contributed by atoms with Crippen LogP contribution in [0.25, 0.3) is 0 Å². The number of carbonyl (C=O) groups is 1. The third-order valence-corrected chi connectivity index (χ3v) is 1.19. The maximum atomic E-state index is 10.3. The molecule has 0 heterocycles. The molecule has 0 aliphatic heterocycles. The van der Waals surface area contributed by atoms with Gasteiger partial charge in [-0.2, -0.15) is 0 Å². The standard InChI is InChI=1S/C7H7NO2.Cd/c8-6-4-2-1-3-5(6)7(9)10;/h1-4H,8H2,(H,9,10);/q;+2. The first-order valence-electron chi connectivity index (χ1n) is 2.79. The minimum absolute atomic E-state index is 0. The minimum atomic E-state index is -0.988. The number of anilines is 1. The van der Waals surface area contributed by atoms with Gasteiger partial charge in [0.15, 0.2) is 0 Å². The van der Waals surface area contributed by atoms with E-state index in [-0.39, 0.29) is 32.9 Å². The van der Waals surface area contributed by atoms with E-state index in [0.29, 0.717) is 5.69 Å². The van der Waals surface area contributed by atoms with Gasteiger partial charge in [0, 0.05) is 5.69 Å². The normalized spacial score (nSPS) is 8.36. The van der Waals surface area contributed by atoms with Crippen LogP contribution in [-0.4, -0.2) is 11.1 Å². The van der Waals surface area contributed by atoms with Crippen LogP contribution in [0.5, 0.6) is 0 Å². The molecule has 3 nitrogen and oxygen atoms in total. The van der Waals surface area contributed by atoms with Gasteiger partial charge in [0.2, 0.25) is 0 Å². The van der Waals surface area contributed by atoms with Crippen LogP contribution in [0.15, 0.2) is 24.3 Å². The Labute approximate surface area is 84.4 Å². The van der Waals surface area contributed by atoms with Crippen LogP contribution in [0.4, 0.5) is 5.69 Å². The Kier molecular flexibility index (Phi) is 4.09. The Morgan fingerprint density at radius 3 is 2.27 bits per heavy atom. The molecule has 0 spiro atoms. The van der Waals surface area contributed by atoms with Crippen molar-refractivity contribution in [1.29, 1.82) is 0 Å². The Hall–Kier alpha value is -0.588. The number of hydrogen-bond donors (Lipinski definition) is 2. The van der Waals surface area contributed by atoms with E-state index in [1.165, 1.54) is 6.07 Å². The van der Waals surface area contributed by atoms with E-state index in [4.69, 9.17) is 10.8 Å². The van der Waals surface area contributed by atoms with Crippen LogP contribution in [-0.2, 0) is 27.3 Å². The quantitative estimate of drug-likeness (QED) is 0.576. The summed E-state index contributed by atoms with van der Waals surface area (Å²) in [5.74, 6) is -0.988. The molecule has 3 N–H and O–H groups in total. The van der Waals surface area contributed by atoms with Crippen LogP contribution in [0.1, 0.15) is 10.4 Å². The van der Waals surface area contributed by atoms with Gasteiger partial charge in [-0.15, -0.1) is 0 Å². The molecule has 0 bridgehead atoms. The number of benzene rings is 1. The number of para-hydroxylation sites is 1. The maximum Gasteiger partial charge on any atom is 2.00 e. The van der Waals surface area contributed by atoms with Crippen LogP contribution < -0.4 is 5.73 Å². The second kappa shape index (κ2) is 4.32. The van der Waals surface area contributed by atoms with Gasteiger partial charge >= 0.3 is 33.3 Å². The molecule has 1 aromatic rings. The topological polar surface area (TPSA) is 63.3 Å². The van der Waals surface area contributed by atoms with Crippen molar-refractivity contribution < 1.29 is 37.2 Å². The van der Waals surface area contributed by atoms with E-state index >= 15 is 0 Å². The monoisotopic (exact) mass is 251 g/mol. The molecular weight excluding hydrogens is 242 g/mol. The van der Waals surface area contributed by atoms with E-state index in [0.717, 1.165) is 0 Å². The second-order valence-electron chi connectivity index (χ2n) is 1.89. The average Bonchev–Trinajstić information content (AvgIpc) is 1.88. The van der Waals surface area contributed by atoms with Gasteiger partial charge in [-0.05, 0) is 12.1 Å². The minimum Gasteiger partial charge on any atom is -0.478 e. The zero-order chi connectivity index (χ0) is 7.56. The summed E-state index contributed by atoms with van der Waals surface area (Å²) in [4.78, 5) is 10.3. The first-order chi connectivity index (χ1) is 4.72. The molecule has 0 saturated carbocycles. The molecule has 0 fully saturated rings. The first kappa shape index (κ1) is 10.4. The van der Waals surface area contributed by atoms with E-state index in [9.17, 15) is 4.79 Å². The van der Waals surface area contributed by atoms with Crippen LogP contribution in [0.3, 0.4) is 0 Å². The summed E-state index contributed by atoms with van der Waals surface area (Å²) >= 11 is 0. The SMILES string of the molecule is Nc1ccccc1C(=O)O.[Cd+2]. The van der Waals surface area contributed by atoms with Crippen molar-refractivity contribution in [3.8, 4) is 0 Å². The summed E-state index contributed by atoms with van der Waals surface area (Å²) in [6.07, 6.45) is 0. The smallest absolute Gasteiger partial charge is 0.478 e. The van der Waals surface area contributed by atoms with E-state index < -0.39 is 5.97 Å². The third kappa shape index (κ3) is 2.49. The molecule has 0 amide bonds. The van der Waals surface area contributed by atoms with Crippen molar-refractivity contribution in [3.63, 3.8) is 0 Å². The molecule has 0 unspecified atom stereocenters. The van der Waals surface area contributed by atoms with E-state index in [1.54, 1.807) is 18.2 Å².